The van der Waals surface area contributed by atoms with Gasteiger partial charge in [0.05, 0.1) is 0 Å². The Morgan fingerprint density at radius 1 is 1.41 bits per heavy atom. The summed E-state index contributed by atoms with van der Waals surface area (Å²) in [5.74, 6) is 0.886. The predicted octanol–water partition coefficient (Wildman–Crippen LogP) is 0.820. The molecule has 0 aliphatic rings. The molecule has 0 fully saturated rings. The highest BCUT2D eigenvalue weighted by Gasteiger charge is 2.12. The topological polar surface area (TPSA) is 90.9 Å². The Morgan fingerprint density at radius 2 is 2.18 bits per heavy atom. The summed E-state index contributed by atoms with van der Waals surface area (Å²) in [5.41, 5.74) is 0. The standard InChI is InChI=1S/C11H20N4O2/c1-8(2)9-13-10(15-14-9)11(17)12-6-4-3-5-7-16/h8,16H,3-7H2,1-2H3,(H,12,17)(H,13,14,15). The molecule has 0 spiro atoms. The molecule has 0 saturated carbocycles. The van der Waals surface area contributed by atoms with Gasteiger partial charge in [0.15, 0.2) is 0 Å². The van der Waals surface area contributed by atoms with E-state index in [-0.39, 0.29) is 24.3 Å². The van der Waals surface area contributed by atoms with Gasteiger partial charge in [0.25, 0.3) is 5.91 Å². The SMILES string of the molecule is CC(C)c1nc(C(=O)NCCCCCO)n[nH]1. The van der Waals surface area contributed by atoms with Crippen LogP contribution in [0, 0.1) is 0 Å². The minimum absolute atomic E-state index is 0.191. The van der Waals surface area contributed by atoms with E-state index in [0.29, 0.717) is 6.54 Å². The normalized spacial score (nSPS) is 10.8. The van der Waals surface area contributed by atoms with Crippen LogP contribution in [0.5, 0.6) is 0 Å². The lowest BCUT2D eigenvalue weighted by Gasteiger charge is -2.01. The van der Waals surface area contributed by atoms with Crippen molar-refractivity contribution in [2.75, 3.05) is 13.2 Å². The zero-order valence-electron chi connectivity index (χ0n) is 10.4. The van der Waals surface area contributed by atoms with E-state index in [2.05, 4.69) is 20.5 Å². The van der Waals surface area contributed by atoms with E-state index in [9.17, 15) is 4.79 Å². The molecule has 6 heteroatoms. The second kappa shape index (κ2) is 7.01. The molecule has 3 N–H and O–H groups in total. The van der Waals surface area contributed by atoms with Gasteiger partial charge in [-0.15, -0.1) is 5.10 Å². The number of amides is 1. The molecular weight excluding hydrogens is 220 g/mol. The molecule has 17 heavy (non-hydrogen) atoms. The second-order valence-corrected chi connectivity index (χ2v) is 4.24. The molecule has 1 rings (SSSR count). The lowest BCUT2D eigenvalue weighted by molar-refractivity contribution is 0.0943. The first-order chi connectivity index (χ1) is 8.15. The fraction of sp³-hybridized carbons (Fsp3) is 0.727. The minimum atomic E-state index is -0.253. The molecule has 0 radical (unpaired) electrons. The average molecular weight is 240 g/mol. The van der Waals surface area contributed by atoms with Gasteiger partial charge in [0.2, 0.25) is 5.82 Å². The molecule has 0 saturated heterocycles. The summed E-state index contributed by atoms with van der Waals surface area (Å²) in [5, 5.41) is 17.9. The number of aromatic amines is 1. The molecule has 1 aromatic heterocycles. The first-order valence-electron chi connectivity index (χ1n) is 5.96. The first kappa shape index (κ1) is 13.6. The van der Waals surface area contributed by atoms with Crippen molar-refractivity contribution in [2.45, 2.75) is 39.0 Å². The van der Waals surface area contributed by atoms with Crippen molar-refractivity contribution in [3.8, 4) is 0 Å². The summed E-state index contributed by atoms with van der Waals surface area (Å²) in [6.07, 6.45) is 2.53. The number of nitrogens with zero attached hydrogens (tertiary/aromatic N) is 2. The molecule has 6 nitrogen and oxygen atoms in total. The van der Waals surface area contributed by atoms with Crippen LogP contribution in [0.3, 0.4) is 0 Å². The summed E-state index contributed by atoms with van der Waals surface area (Å²) < 4.78 is 0. The van der Waals surface area contributed by atoms with Gasteiger partial charge >= 0.3 is 0 Å². The van der Waals surface area contributed by atoms with Crippen molar-refractivity contribution >= 4 is 5.91 Å². The highest BCUT2D eigenvalue weighted by atomic mass is 16.2. The summed E-state index contributed by atoms with van der Waals surface area (Å²) in [6, 6.07) is 0. The molecule has 96 valence electrons. The number of nitrogens with one attached hydrogen (secondary N) is 2. The van der Waals surface area contributed by atoms with Crippen LogP contribution in [0.15, 0.2) is 0 Å². The monoisotopic (exact) mass is 240 g/mol. The second-order valence-electron chi connectivity index (χ2n) is 4.24. The number of hydrogen-bond acceptors (Lipinski definition) is 4. The zero-order chi connectivity index (χ0) is 12.7. The van der Waals surface area contributed by atoms with E-state index in [1.54, 1.807) is 0 Å². The van der Waals surface area contributed by atoms with E-state index in [4.69, 9.17) is 5.11 Å². The third-order valence-electron chi connectivity index (χ3n) is 2.37. The van der Waals surface area contributed by atoms with Crippen LogP contribution in [-0.4, -0.2) is 39.3 Å². The van der Waals surface area contributed by atoms with Crippen molar-refractivity contribution in [1.82, 2.24) is 20.5 Å². The molecule has 1 aromatic rings. The van der Waals surface area contributed by atoms with E-state index in [0.717, 1.165) is 25.1 Å². The van der Waals surface area contributed by atoms with Gasteiger partial charge in [-0.2, -0.15) is 0 Å². The summed E-state index contributed by atoms with van der Waals surface area (Å²) in [6.45, 7) is 4.76. The summed E-state index contributed by atoms with van der Waals surface area (Å²) in [7, 11) is 0. The van der Waals surface area contributed by atoms with Crippen LogP contribution in [-0.2, 0) is 0 Å². The van der Waals surface area contributed by atoms with E-state index in [1.165, 1.54) is 0 Å². The van der Waals surface area contributed by atoms with Gasteiger partial charge in [-0.3, -0.25) is 9.89 Å². The quantitative estimate of drug-likeness (QED) is 0.615. The number of H-pyrrole nitrogens is 1. The smallest absolute Gasteiger partial charge is 0.290 e. The van der Waals surface area contributed by atoms with Crippen molar-refractivity contribution < 1.29 is 9.90 Å². The number of aliphatic hydroxyl groups is 1. The molecule has 0 aromatic carbocycles. The highest BCUT2D eigenvalue weighted by molar-refractivity contribution is 5.90. The molecule has 0 atom stereocenters. The van der Waals surface area contributed by atoms with Gasteiger partial charge in [-0.05, 0) is 19.3 Å². The van der Waals surface area contributed by atoms with Crippen LogP contribution < -0.4 is 5.32 Å². The van der Waals surface area contributed by atoms with Gasteiger partial charge in [-0.25, -0.2) is 4.98 Å². The maximum absolute atomic E-state index is 11.6. The van der Waals surface area contributed by atoms with Crippen LogP contribution >= 0.6 is 0 Å². The predicted molar refractivity (Wildman–Crippen MR) is 63.7 cm³/mol. The van der Waals surface area contributed by atoms with Crippen molar-refractivity contribution in [3.05, 3.63) is 11.6 Å². The number of unbranched alkanes of at least 4 members (excludes halogenated alkanes) is 2. The molecule has 1 amide bonds. The Bertz CT molecular complexity index is 349. The summed E-state index contributed by atoms with van der Waals surface area (Å²) in [4.78, 5) is 15.7. The molecule has 0 unspecified atom stereocenters. The van der Waals surface area contributed by atoms with Crippen molar-refractivity contribution in [3.63, 3.8) is 0 Å². The Hall–Kier alpha value is -1.43. The highest BCUT2D eigenvalue weighted by Crippen LogP contribution is 2.07. The Balaban J connectivity index is 2.31. The lowest BCUT2D eigenvalue weighted by Crippen LogP contribution is -2.25. The van der Waals surface area contributed by atoms with Gasteiger partial charge < -0.3 is 10.4 Å². The van der Waals surface area contributed by atoms with Crippen LogP contribution in [0.1, 0.15) is 55.5 Å². The maximum atomic E-state index is 11.6. The van der Waals surface area contributed by atoms with Gasteiger partial charge in [0.1, 0.15) is 5.82 Å². The fourth-order valence-corrected chi connectivity index (χ4v) is 1.33. The zero-order valence-corrected chi connectivity index (χ0v) is 10.4. The van der Waals surface area contributed by atoms with E-state index in [1.807, 2.05) is 13.8 Å². The number of aliphatic hydroxyl groups excluding tert-OH is 1. The van der Waals surface area contributed by atoms with Crippen molar-refractivity contribution in [1.29, 1.82) is 0 Å². The van der Waals surface area contributed by atoms with Crippen LogP contribution in [0.2, 0.25) is 0 Å². The third kappa shape index (κ3) is 4.52. The van der Waals surface area contributed by atoms with Gasteiger partial charge in [-0.1, -0.05) is 13.8 Å². The first-order valence-corrected chi connectivity index (χ1v) is 5.96. The van der Waals surface area contributed by atoms with Crippen LogP contribution in [0.25, 0.3) is 0 Å². The molecule has 0 aliphatic heterocycles. The Morgan fingerprint density at radius 3 is 2.76 bits per heavy atom. The number of aromatic nitrogens is 3. The Labute approximate surface area is 101 Å². The fourth-order valence-electron chi connectivity index (χ4n) is 1.33. The summed E-state index contributed by atoms with van der Waals surface area (Å²) >= 11 is 0. The van der Waals surface area contributed by atoms with Gasteiger partial charge in [0, 0.05) is 19.1 Å². The number of hydrogen-bond donors (Lipinski definition) is 3. The number of rotatable bonds is 7. The van der Waals surface area contributed by atoms with E-state index >= 15 is 0 Å². The number of carbonyl (C=O) groups is 1. The molecule has 1 heterocycles. The van der Waals surface area contributed by atoms with E-state index < -0.39 is 0 Å². The molecule has 0 bridgehead atoms. The largest absolute Gasteiger partial charge is 0.396 e. The Kier molecular flexibility index (Phi) is 5.62. The third-order valence-corrected chi connectivity index (χ3v) is 2.37. The lowest BCUT2D eigenvalue weighted by atomic mass is 10.2. The van der Waals surface area contributed by atoms with Crippen LogP contribution in [0.4, 0.5) is 0 Å². The molecular formula is C11H20N4O2. The maximum Gasteiger partial charge on any atom is 0.290 e. The average Bonchev–Trinajstić information content (AvgIpc) is 2.78. The molecule has 0 aliphatic carbocycles. The number of carbonyl (C=O) groups excluding carboxylic acids is 1. The minimum Gasteiger partial charge on any atom is -0.396 e. The van der Waals surface area contributed by atoms with Crippen molar-refractivity contribution in [2.24, 2.45) is 0 Å².